The SMILES string of the molecule is O=C1C[C@@H](C(=O)N2CCN(S(=O)(=O)c3ccccc3)CC2)CN1CC(F)(F)F. The molecule has 1 aromatic rings. The van der Waals surface area contributed by atoms with Gasteiger partial charge >= 0.3 is 6.18 Å². The standard InChI is InChI=1S/C17H20F3N3O4S/c18-17(19,20)12-22-11-13(10-15(22)24)16(25)21-6-8-23(9-7-21)28(26,27)14-4-2-1-3-5-14/h1-5,13H,6-12H2/t13-/m1/s1. The van der Waals surface area contributed by atoms with E-state index < -0.39 is 40.5 Å². The van der Waals surface area contributed by atoms with Crippen molar-refractivity contribution in [1.29, 1.82) is 0 Å². The number of piperazine rings is 1. The fourth-order valence-electron chi connectivity index (χ4n) is 3.46. The summed E-state index contributed by atoms with van der Waals surface area (Å²) in [7, 11) is -3.66. The molecular formula is C17H20F3N3O4S. The molecule has 0 aliphatic carbocycles. The van der Waals surface area contributed by atoms with Gasteiger partial charge in [-0.1, -0.05) is 18.2 Å². The second kappa shape index (κ2) is 7.70. The first-order valence-electron chi connectivity index (χ1n) is 8.76. The molecule has 2 aliphatic heterocycles. The number of carbonyl (C=O) groups is 2. The van der Waals surface area contributed by atoms with Crippen LogP contribution >= 0.6 is 0 Å². The van der Waals surface area contributed by atoms with Crippen LogP contribution in [0.25, 0.3) is 0 Å². The molecule has 2 heterocycles. The Morgan fingerprint density at radius 1 is 1.07 bits per heavy atom. The quantitative estimate of drug-likeness (QED) is 0.728. The Balaban J connectivity index is 1.58. The third kappa shape index (κ3) is 4.46. The van der Waals surface area contributed by atoms with Crippen molar-refractivity contribution in [3.63, 3.8) is 0 Å². The summed E-state index contributed by atoms with van der Waals surface area (Å²) in [5, 5.41) is 0. The zero-order valence-electron chi connectivity index (χ0n) is 14.9. The van der Waals surface area contributed by atoms with E-state index in [1.54, 1.807) is 18.2 Å². The first-order valence-corrected chi connectivity index (χ1v) is 10.2. The van der Waals surface area contributed by atoms with Gasteiger partial charge in [0.2, 0.25) is 21.8 Å². The molecule has 2 fully saturated rings. The number of sulfonamides is 1. The number of benzene rings is 1. The van der Waals surface area contributed by atoms with Gasteiger partial charge in [0, 0.05) is 39.1 Å². The molecule has 1 aromatic carbocycles. The summed E-state index contributed by atoms with van der Waals surface area (Å²) in [6, 6.07) is 7.94. The van der Waals surface area contributed by atoms with E-state index in [0.29, 0.717) is 4.90 Å². The van der Waals surface area contributed by atoms with Gasteiger partial charge in [-0.3, -0.25) is 9.59 Å². The van der Waals surface area contributed by atoms with Crippen molar-refractivity contribution in [3.8, 4) is 0 Å². The molecule has 2 amide bonds. The molecule has 7 nitrogen and oxygen atoms in total. The lowest BCUT2D eigenvalue weighted by Crippen LogP contribution is -2.52. The number of halogens is 3. The number of hydrogen-bond donors (Lipinski definition) is 0. The normalized spacial score (nSPS) is 22.0. The minimum Gasteiger partial charge on any atom is -0.340 e. The maximum absolute atomic E-state index is 12.6. The van der Waals surface area contributed by atoms with Crippen LogP contribution in [-0.2, 0) is 19.6 Å². The molecule has 0 saturated carbocycles. The summed E-state index contributed by atoms with van der Waals surface area (Å²) in [4.78, 5) is 26.6. The number of likely N-dealkylation sites (tertiary alicyclic amines) is 1. The average Bonchev–Trinajstić information content (AvgIpc) is 3.00. The topological polar surface area (TPSA) is 78.0 Å². The van der Waals surface area contributed by atoms with Crippen molar-refractivity contribution >= 4 is 21.8 Å². The molecule has 0 unspecified atom stereocenters. The molecule has 28 heavy (non-hydrogen) atoms. The van der Waals surface area contributed by atoms with E-state index in [-0.39, 0.29) is 44.0 Å². The minimum atomic E-state index is -4.51. The molecule has 0 aromatic heterocycles. The van der Waals surface area contributed by atoms with Crippen LogP contribution in [0.4, 0.5) is 13.2 Å². The number of rotatable bonds is 4. The maximum atomic E-state index is 12.6. The van der Waals surface area contributed by atoms with E-state index in [0.717, 1.165) is 0 Å². The zero-order valence-corrected chi connectivity index (χ0v) is 15.7. The zero-order chi connectivity index (χ0) is 20.5. The summed E-state index contributed by atoms with van der Waals surface area (Å²) in [5.74, 6) is -1.93. The second-order valence-corrected chi connectivity index (χ2v) is 8.77. The predicted molar refractivity (Wildman–Crippen MR) is 92.5 cm³/mol. The number of nitrogens with zero attached hydrogens (tertiary/aromatic N) is 3. The molecule has 2 aliphatic rings. The van der Waals surface area contributed by atoms with Gasteiger partial charge in [0.25, 0.3) is 0 Å². The van der Waals surface area contributed by atoms with Crippen molar-refractivity contribution < 1.29 is 31.2 Å². The lowest BCUT2D eigenvalue weighted by Gasteiger charge is -2.35. The van der Waals surface area contributed by atoms with Crippen LogP contribution < -0.4 is 0 Å². The number of hydrogen-bond acceptors (Lipinski definition) is 4. The van der Waals surface area contributed by atoms with Crippen LogP contribution in [0.5, 0.6) is 0 Å². The summed E-state index contributed by atoms with van der Waals surface area (Å²) in [5.41, 5.74) is 0. The first-order chi connectivity index (χ1) is 13.1. The molecular weight excluding hydrogens is 399 g/mol. The van der Waals surface area contributed by atoms with Crippen LogP contribution in [0.15, 0.2) is 35.2 Å². The molecule has 2 saturated heterocycles. The molecule has 3 rings (SSSR count). The maximum Gasteiger partial charge on any atom is 0.406 e. The fraction of sp³-hybridized carbons (Fsp3) is 0.529. The fourth-order valence-corrected chi connectivity index (χ4v) is 4.90. The summed E-state index contributed by atoms with van der Waals surface area (Å²) >= 11 is 0. The summed E-state index contributed by atoms with van der Waals surface area (Å²) in [6.45, 7) is -1.17. The van der Waals surface area contributed by atoms with Crippen LogP contribution in [-0.4, -0.2) is 79.8 Å². The van der Waals surface area contributed by atoms with E-state index >= 15 is 0 Å². The monoisotopic (exact) mass is 419 g/mol. The molecule has 0 N–H and O–H groups in total. The number of alkyl halides is 3. The lowest BCUT2D eigenvalue weighted by molar-refractivity contribution is -0.157. The summed E-state index contributed by atoms with van der Waals surface area (Å²) in [6.07, 6.45) is -4.76. The second-order valence-electron chi connectivity index (χ2n) is 6.83. The third-order valence-corrected chi connectivity index (χ3v) is 6.78. The van der Waals surface area contributed by atoms with Crippen LogP contribution in [0.3, 0.4) is 0 Å². The number of carbonyl (C=O) groups excluding carboxylic acids is 2. The van der Waals surface area contributed by atoms with E-state index in [4.69, 9.17) is 0 Å². The Morgan fingerprint density at radius 2 is 1.68 bits per heavy atom. The highest BCUT2D eigenvalue weighted by atomic mass is 32.2. The van der Waals surface area contributed by atoms with Gasteiger partial charge in [-0.2, -0.15) is 17.5 Å². The van der Waals surface area contributed by atoms with E-state index in [9.17, 15) is 31.2 Å². The highest BCUT2D eigenvalue weighted by Crippen LogP contribution is 2.26. The van der Waals surface area contributed by atoms with Crippen LogP contribution in [0.2, 0.25) is 0 Å². The van der Waals surface area contributed by atoms with Gasteiger partial charge in [0.15, 0.2) is 0 Å². The van der Waals surface area contributed by atoms with Crippen LogP contribution in [0.1, 0.15) is 6.42 Å². The largest absolute Gasteiger partial charge is 0.406 e. The highest BCUT2D eigenvalue weighted by Gasteiger charge is 2.42. The molecule has 0 radical (unpaired) electrons. The molecule has 11 heteroatoms. The Hall–Kier alpha value is -2.14. The van der Waals surface area contributed by atoms with E-state index in [1.807, 2.05) is 0 Å². The van der Waals surface area contributed by atoms with Crippen molar-refractivity contribution in [2.75, 3.05) is 39.3 Å². The average molecular weight is 419 g/mol. The first kappa shape index (κ1) is 20.6. The molecule has 1 atom stereocenters. The van der Waals surface area contributed by atoms with Gasteiger partial charge in [0.05, 0.1) is 10.8 Å². The van der Waals surface area contributed by atoms with Crippen molar-refractivity contribution in [1.82, 2.24) is 14.1 Å². The molecule has 154 valence electrons. The van der Waals surface area contributed by atoms with Gasteiger partial charge in [0.1, 0.15) is 6.54 Å². The predicted octanol–water partition coefficient (Wildman–Crippen LogP) is 0.930. The lowest BCUT2D eigenvalue weighted by atomic mass is 10.1. The Kier molecular flexibility index (Phi) is 5.67. The highest BCUT2D eigenvalue weighted by molar-refractivity contribution is 7.89. The van der Waals surface area contributed by atoms with Crippen molar-refractivity contribution in [2.45, 2.75) is 17.5 Å². The Labute approximate surface area is 160 Å². The van der Waals surface area contributed by atoms with Gasteiger partial charge in [-0.05, 0) is 12.1 Å². The van der Waals surface area contributed by atoms with E-state index in [1.165, 1.54) is 21.3 Å². The summed E-state index contributed by atoms with van der Waals surface area (Å²) < 4.78 is 64.0. The Bertz CT molecular complexity index is 837. The van der Waals surface area contributed by atoms with Crippen LogP contribution in [0, 0.1) is 5.92 Å². The Morgan fingerprint density at radius 3 is 2.25 bits per heavy atom. The van der Waals surface area contributed by atoms with Gasteiger partial charge in [-0.15, -0.1) is 0 Å². The van der Waals surface area contributed by atoms with E-state index in [2.05, 4.69) is 0 Å². The smallest absolute Gasteiger partial charge is 0.340 e. The van der Waals surface area contributed by atoms with Crippen molar-refractivity contribution in [3.05, 3.63) is 30.3 Å². The molecule has 0 spiro atoms. The third-order valence-electron chi connectivity index (χ3n) is 4.87. The van der Waals surface area contributed by atoms with Gasteiger partial charge in [-0.25, -0.2) is 8.42 Å². The van der Waals surface area contributed by atoms with Crippen molar-refractivity contribution in [2.24, 2.45) is 5.92 Å². The number of amides is 2. The minimum absolute atomic E-state index is 0.0932. The van der Waals surface area contributed by atoms with Gasteiger partial charge < -0.3 is 9.80 Å². The molecule has 0 bridgehead atoms.